The van der Waals surface area contributed by atoms with E-state index in [0.29, 0.717) is 24.5 Å². The number of anilines is 3. The van der Waals surface area contributed by atoms with Crippen LogP contribution >= 0.6 is 0 Å². The Labute approximate surface area is 153 Å². The highest BCUT2D eigenvalue weighted by atomic mass is 16.3. The number of rotatable bonds is 10. The van der Waals surface area contributed by atoms with E-state index in [1.165, 1.54) is 0 Å². The summed E-state index contributed by atoms with van der Waals surface area (Å²) < 4.78 is 0. The molecule has 0 aliphatic rings. The molecule has 0 radical (unpaired) electrons. The highest BCUT2D eigenvalue weighted by Gasteiger charge is 2.24. The van der Waals surface area contributed by atoms with Gasteiger partial charge in [0.15, 0.2) is 0 Å². The normalized spacial score (nSPS) is 13.3. The summed E-state index contributed by atoms with van der Waals surface area (Å²) in [6.45, 7) is 1.09. The predicted octanol–water partition coefficient (Wildman–Crippen LogP) is 0.334. The fourth-order valence-electron chi connectivity index (χ4n) is 2.85. The van der Waals surface area contributed by atoms with Crippen molar-refractivity contribution >= 4 is 17.1 Å². The monoisotopic (exact) mass is 360 g/mol. The molecule has 7 heteroatoms. The number of nitrogens with one attached hydrogen (secondary N) is 1. The van der Waals surface area contributed by atoms with E-state index in [0.717, 1.165) is 11.3 Å². The SMILES string of the molecule is Nc1ccc(C(CN(CCO)c2ccc(N)cc2)C(O)NCCO)cc1. The van der Waals surface area contributed by atoms with Crippen molar-refractivity contribution in [1.82, 2.24) is 5.32 Å². The third-order valence-electron chi connectivity index (χ3n) is 4.26. The molecule has 0 spiro atoms. The lowest BCUT2D eigenvalue weighted by Crippen LogP contribution is -2.42. The Morgan fingerprint density at radius 3 is 2.00 bits per heavy atom. The van der Waals surface area contributed by atoms with Crippen LogP contribution in [0.3, 0.4) is 0 Å². The molecule has 0 amide bonds. The number of nitrogen functional groups attached to an aromatic ring is 2. The molecule has 8 N–H and O–H groups in total. The van der Waals surface area contributed by atoms with Crippen molar-refractivity contribution in [3.63, 3.8) is 0 Å². The van der Waals surface area contributed by atoms with E-state index < -0.39 is 6.23 Å². The van der Waals surface area contributed by atoms with Gasteiger partial charge in [-0.05, 0) is 42.0 Å². The minimum absolute atomic E-state index is 0.0149. The first-order valence-electron chi connectivity index (χ1n) is 8.64. The van der Waals surface area contributed by atoms with Crippen LogP contribution in [0.1, 0.15) is 11.5 Å². The molecule has 142 valence electrons. The van der Waals surface area contributed by atoms with Crippen LogP contribution in [-0.4, -0.2) is 54.4 Å². The summed E-state index contributed by atoms with van der Waals surface area (Å²) in [5.74, 6) is -0.286. The predicted molar refractivity (Wildman–Crippen MR) is 105 cm³/mol. The molecule has 2 rings (SSSR count). The first-order valence-corrected chi connectivity index (χ1v) is 8.64. The van der Waals surface area contributed by atoms with E-state index in [4.69, 9.17) is 16.6 Å². The van der Waals surface area contributed by atoms with E-state index in [1.54, 1.807) is 24.3 Å². The van der Waals surface area contributed by atoms with Gasteiger partial charge in [0.25, 0.3) is 0 Å². The highest BCUT2D eigenvalue weighted by molar-refractivity contribution is 5.53. The number of hydrogen-bond acceptors (Lipinski definition) is 7. The molecule has 0 aromatic heterocycles. The van der Waals surface area contributed by atoms with Gasteiger partial charge in [-0.2, -0.15) is 0 Å². The molecule has 0 heterocycles. The van der Waals surface area contributed by atoms with Crippen LogP contribution in [0.15, 0.2) is 48.5 Å². The minimum Gasteiger partial charge on any atom is -0.399 e. The summed E-state index contributed by atoms with van der Waals surface area (Å²) in [5, 5.41) is 32.0. The summed E-state index contributed by atoms with van der Waals surface area (Å²) in [6.07, 6.45) is -0.860. The smallest absolute Gasteiger partial charge is 0.113 e. The first kappa shape index (κ1) is 20.0. The van der Waals surface area contributed by atoms with Crippen molar-refractivity contribution in [3.05, 3.63) is 54.1 Å². The number of aliphatic hydroxyl groups is 3. The second-order valence-electron chi connectivity index (χ2n) is 6.16. The Hall–Kier alpha value is -2.32. The molecule has 2 atom stereocenters. The van der Waals surface area contributed by atoms with Crippen molar-refractivity contribution in [2.24, 2.45) is 0 Å². The van der Waals surface area contributed by atoms with Crippen LogP contribution in [0.25, 0.3) is 0 Å². The van der Waals surface area contributed by atoms with Gasteiger partial charge in [0.1, 0.15) is 6.23 Å². The zero-order chi connectivity index (χ0) is 18.9. The molecule has 2 aromatic carbocycles. The third-order valence-corrected chi connectivity index (χ3v) is 4.26. The largest absolute Gasteiger partial charge is 0.399 e. The number of benzene rings is 2. The maximum absolute atomic E-state index is 10.6. The maximum Gasteiger partial charge on any atom is 0.113 e. The van der Waals surface area contributed by atoms with Gasteiger partial charge in [0, 0.05) is 42.6 Å². The Bertz CT molecular complexity index is 649. The van der Waals surface area contributed by atoms with E-state index in [9.17, 15) is 10.2 Å². The summed E-state index contributed by atoms with van der Waals surface area (Å²) in [6, 6.07) is 14.7. The van der Waals surface area contributed by atoms with Crippen molar-refractivity contribution in [3.8, 4) is 0 Å². The topological polar surface area (TPSA) is 128 Å². The van der Waals surface area contributed by atoms with Gasteiger partial charge >= 0.3 is 0 Å². The van der Waals surface area contributed by atoms with E-state index in [-0.39, 0.29) is 25.7 Å². The van der Waals surface area contributed by atoms with Gasteiger partial charge in [-0.25, -0.2) is 0 Å². The summed E-state index contributed by atoms with van der Waals surface area (Å²) in [5.41, 5.74) is 14.7. The molecule has 0 bridgehead atoms. The van der Waals surface area contributed by atoms with Gasteiger partial charge < -0.3 is 31.7 Å². The first-order chi connectivity index (χ1) is 12.5. The molecule has 2 unspecified atom stereocenters. The van der Waals surface area contributed by atoms with E-state index in [2.05, 4.69) is 5.32 Å². The van der Waals surface area contributed by atoms with Crippen molar-refractivity contribution in [2.45, 2.75) is 12.1 Å². The molecule has 2 aromatic rings. The van der Waals surface area contributed by atoms with Crippen molar-refractivity contribution < 1.29 is 15.3 Å². The summed E-state index contributed by atoms with van der Waals surface area (Å²) in [4.78, 5) is 1.99. The minimum atomic E-state index is -0.860. The standard InChI is InChI=1S/C19H28N4O3/c20-15-3-1-14(2-4-15)18(19(26)22-9-11-24)13-23(10-12-25)17-7-5-16(21)6-8-17/h1-8,18-19,22,24-26H,9-13,20-21H2. The summed E-state index contributed by atoms with van der Waals surface area (Å²) >= 11 is 0. The van der Waals surface area contributed by atoms with Crippen LogP contribution < -0.4 is 21.7 Å². The summed E-state index contributed by atoms with van der Waals surface area (Å²) in [7, 11) is 0. The number of nitrogens with two attached hydrogens (primary N) is 2. The number of hydrogen-bond donors (Lipinski definition) is 6. The Morgan fingerprint density at radius 1 is 0.885 bits per heavy atom. The Kier molecular flexibility index (Phi) is 7.68. The average molecular weight is 360 g/mol. The quantitative estimate of drug-likeness (QED) is 0.266. The van der Waals surface area contributed by atoms with Crippen molar-refractivity contribution in [1.29, 1.82) is 0 Å². The van der Waals surface area contributed by atoms with Gasteiger partial charge in [-0.15, -0.1) is 0 Å². The van der Waals surface area contributed by atoms with Crippen LogP contribution in [0.5, 0.6) is 0 Å². The van der Waals surface area contributed by atoms with E-state index >= 15 is 0 Å². The van der Waals surface area contributed by atoms with Gasteiger partial charge in [0.2, 0.25) is 0 Å². The zero-order valence-corrected chi connectivity index (χ0v) is 14.8. The molecule has 0 aliphatic heterocycles. The van der Waals surface area contributed by atoms with Crippen molar-refractivity contribution in [2.75, 3.05) is 49.2 Å². The van der Waals surface area contributed by atoms with Crippen LogP contribution in [0.4, 0.5) is 17.1 Å². The molecule has 0 aliphatic carbocycles. The fourth-order valence-corrected chi connectivity index (χ4v) is 2.85. The average Bonchev–Trinajstić information content (AvgIpc) is 2.65. The lowest BCUT2D eigenvalue weighted by Gasteiger charge is -2.32. The van der Waals surface area contributed by atoms with Crippen LogP contribution in [0.2, 0.25) is 0 Å². The molecule has 0 saturated heterocycles. The van der Waals surface area contributed by atoms with Crippen LogP contribution in [-0.2, 0) is 0 Å². The second-order valence-corrected chi connectivity index (χ2v) is 6.16. The van der Waals surface area contributed by atoms with Gasteiger partial charge in [0.05, 0.1) is 13.2 Å². The van der Waals surface area contributed by atoms with E-state index in [1.807, 2.05) is 29.2 Å². The lowest BCUT2D eigenvalue weighted by molar-refractivity contribution is 0.101. The molecular weight excluding hydrogens is 332 g/mol. The fraction of sp³-hybridized carbons (Fsp3) is 0.368. The third kappa shape index (κ3) is 5.60. The highest BCUT2D eigenvalue weighted by Crippen LogP contribution is 2.25. The van der Waals surface area contributed by atoms with Gasteiger partial charge in [-0.1, -0.05) is 12.1 Å². The zero-order valence-electron chi connectivity index (χ0n) is 14.8. The Morgan fingerprint density at radius 2 is 1.46 bits per heavy atom. The molecule has 0 fully saturated rings. The molecular formula is C19H28N4O3. The van der Waals surface area contributed by atoms with Gasteiger partial charge in [-0.3, -0.25) is 5.32 Å². The second kappa shape index (κ2) is 9.98. The Balaban J connectivity index is 2.26. The molecule has 26 heavy (non-hydrogen) atoms. The molecule has 0 saturated carbocycles. The molecule has 7 nitrogen and oxygen atoms in total. The number of aliphatic hydroxyl groups excluding tert-OH is 3. The number of nitrogens with zero attached hydrogens (tertiary/aromatic N) is 1. The lowest BCUT2D eigenvalue weighted by atomic mass is 9.95. The maximum atomic E-state index is 10.6. The van der Waals surface area contributed by atoms with Crippen LogP contribution in [0, 0.1) is 0 Å².